The van der Waals surface area contributed by atoms with Crippen LogP contribution in [0, 0.1) is 12.7 Å². The van der Waals surface area contributed by atoms with Gasteiger partial charge in [0.2, 0.25) is 0 Å². The summed E-state index contributed by atoms with van der Waals surface area (Å²) in [5, 5.41) is 2.68. The second-order valence-electron chi connectivity index (χ2n) is 4.28. The zero-order chi connectivity index (χ0) is 14.7. The number of halogens is 2. The molecule has 0 bridgehead atoms. The molecule has 104 valence electrons. The van der Waals surface area contributed by atoms with Gasteiger partial charge in [0.05, 0.1) is 18.4 Å². The molecule has 0 fully saturated rings. The van der Waals surface area contributed by atoms with Crippen molar-refractivity contribution in [3.63, 3.8) is 0 Å². The van der Waals surface area contributed by atoms with Crippen molar-refractivity contribution >= 4 is 27.5 Å². The molecule has 3 nitrogen and oxygen atoms in total. The maximum absolute atomic E-state index is 13.8. The summed E-state index contributed by atoms with van der Waals surface area (Å²) in [6.45, 7) is 1.91. The average molecular weight is 338 g/mol. The predicted molar refractivity (Wildman–Crippen MR) is 79.8 cm³/mol. The third-order valence-electron chi connectivity index (χ3n) is 2.79. The van der Waals surface area contributed by atoms with Gasteiger partial charge in [0.15, 0.2) is 0 Å². The van der Waals surface area contributed by atoms with Crippen LogP contribution in [0.1, 0.15) is 15.9 Å². The molecule has 2 aromatic rings. The Morgan fingerprint density at radius 1 is 1.25 bits per heavy atom. The van der Waals surface area contributed by atoms with Gasteiger partial charge in [0.25, 0.3) is 5.91 Å². The van der Waals surface area contributed by atoms with Crippen LogP contribution in [0.2, 0.25) is 0 Å². The highest BCUT2D eigenvalue weighted by Crippen LogP contribution is 2.25. The zero-order valence-corrected chi connectivity index (χ0v) is 12.6. The number of carbonyl (C=O) groups excluding carboxylic acids is 1. The number of benzene rings is 2. The molecule has 1 amide bonds. The number of hydrogen-bond donors (Lipinski definition) is 1. The number of rotatable bonds is 3. The normalized spacial score (nSPS) is 10.2. The van der Waals surface area contributed by atoms with Crippen molar-refractivity contribution in [2.45, 2.75) is 6.92 Å². The van der Waals surface area contributed by atoms with E-state index in [2.05, 4.69) is 21.2 Å². The third-order valence-corrected chi connectivity index (χ3v) is 3.48. The van der Waals surface area contributed by atoms with Gasteiger partial charge >= 0.3 is 0 Å². The molecule has 2 rings (SSSR count). The highest BCUT2D eigenvalue weighted by molar-refractivity contribution is 9.10. The minimum atomic E-state index is -0.620. The van der Waals surface area contributed by atoms with Crippen LogP contribution in [-0.4, -0.2) is 13.0 Å². The van der Waals surface area contributed by atoms with Gasteiger partial charge in [-0.2, -0.15) is 0 Å². The van der Waals surface area contributed by atoms with E-state index in [4.69, 9.17) is 4.74 Å². The summed E-state index contributed by atoms with van der Waals surface area (Å²) >= 11 is 3.34. The number of methoxy groups -OCH3 is 1. The first kappa shape index (κ1) is 14.5. The van der Waals surface area contributed by atoms with Crippen LogP contribution in [0.3, 0.4) is 0 Å². The number of amides is 1. The minimum Gasteiger partial charge on any atom is -0.497 e. The van der Waals surface area contributed by atoms with E-state index in [0.29, 0.717) is 11.4 Å². The van der Waals surface area contributed by atoms with Gasteiger partial charge in [-0.15, -0.1) is 0 Å². The van der Waals surface area contributed by atoms with Gasteiger partial charge in [-0.05, 0) is 52.7 Å². The Hall–Kier alpha value is -1.88. The van der Waals surface area contributed by atoms with Crippen molar-refractivity contribution in [3.05, 3.63) is 57.8 Å². The lowest BCUT2D eigenvalue weighted by molar-refractivity contribution is 0.102. The third kappa shape index (κ3) is 3.17. The van der Waals surface area contributed by atoms with Crippen molar-refractivity contribution in [1.82, 2.24) is 0 Å². The summed E-state index contributed by atoms with van der Waals surface area (Å²) in [5.41, 5.74) is 1.57. The standard InChI is InChI=1S/C15H13BrFNO2/c1-9-3-6-12(16)14(7-9)18-15(19)11-5-4-10(20-2)8-13(11)17/h3-8H,1-2H3,(H,18,19). The smallest absolute Gasteiger partial charge is 0.258 e. The maximum atomic E-state index is 13.8. The molecule has 2 aromatic carbocycles. The number of anilines is 1. The Labute approximate surface area is 124 Å². The van der Waals surface area contributed by atoms with E-state index in [0.717, 1.165) is 10.0 Å². The van der Waals surface area contributed by atoms with Gasteiger partial charge in [0.1, 0.15) is 11.6 Å². The lowest BCUT2D eigenvalue weighted by Crippen LogP contribution is -2.14. The molecule has 0 saturated heterocycles. The lowest BCUT2D eigenvalue weighted by Gasteiger charge is -2.09. The maximum Gasteiger partial charge on any atom is 0.258 e. The van der Waals surface area contributed by atoms with Crippen molar-refractivity contribution in [2.75, 3.05) is 12.4 Å². The van der Waals surface area contributed by atoms with E-state index in [-0.39, 0.29) is 5.56 Å². The highest BCUT2D eigenvalue weighted by atomic mass is 79.9. The van der Waals surface area contributed by atoms with Crippen LogP contribution in [0.5, 0.6) is 5.75 Å². The molecule has 1 N–H and O–H groups in total. The molecule has 0 aliphatic rings. The quantitative estimate of drug-likeness (QED) is 0.913. The molecule has 0 saturated carbocycles. The minimum absolute atomic E-state index is 0.0285. The highest BCUT2D eigenvalue weighted by Gasteiger charge is 2.14. The summed E-state index contributed by atoms with van der Waals surface area (Å²) in [7, 11) is 1.44. The van der Waals surface area contributed by atoms with Gasteiger partial charge < -0.3 is 10.1 Å². The van der Waals surface area contributed by atoms with E-state index in [1.165, 1.54) is 19.2 Å². The first-order valence-corrected chi connectivity index (χ1v) is 6.71. The fraction of sp³-hybridized carbons (Fsp3) is 0.133. The van der Waals surface area contributed by atoms with Gasteiger partial charge in [-0.1, -0.05) is 6.07 Å². The first-order chi connectivity index (χ1) is 9.51. The number of carbonyl (C=O) groups is 1. The van der Waals surface area contributed by atoms with E-state index in [1.54, 1.807) is 6.07 Å². The van der Waals surface area contributed by atoms with Gasteiger partial charge in [0, 0.05) is 10.5 Å². The zero-order valence-electron chi connectivity index (χ0n) is 11.0. The molecule has 5 heteroatoms. The molecule has 0 radical (unpaired) electrons. The Morgan fingerprint density at radius 2 is 2.00 bits per heavy atom. The van der Waals surface area contributed by atoms with E-state index < -0.39 is 11.7 Å². The molecule has 0 atom stereocenters. The van der Waals surface area contributed by atoms with Crippen molar-refractivity contribution < 1.29 is 13.9 Å². The van der Waals surface area contributed by atoms with Crippen molar-refractivity contribution in [1.29, 1.82) is 0 Å². The SMILES string of the molecule is COc1ccc(C(=O)Nc2cc(C)ccc2Br)c(F)c1. The molecule has 0 aliphatic carbocycles. The molecule has 0 heterocycles. The van der Waals surface area contributed by atoms with Crippen LogP contribution in [0.15, 0.2) is 40.9 Å². The van der Waals surface area contributed by atoms with Gasteiger partial charge in [-0.3, -0.25) is 4.79 Å². The number of aryl methyl sites for hydroxylation is 1. The topological polar surface area (TPSA) is 38.3 Å². The number of hydrogen-bond acceptors (Lipinski definition) is 2. The first-order valence-electron chi connectivity index (χ1n) is 5.92. The Balaban J connectivity index is 2.26. The summed E-state index contributed by atoms with van der Waals surface area (Å²) in [5.74, 6) is -0.752. The van der Waals surface area contributed by atoms with E-state index in [1.807, 2.05) is 25.1 Å². The molecule has 0 aromatic heterocycles. The fourth-order valence-corrected chi connectivity index (χ4v) is 2.08. The Morgan fingerprint density at radius 3 is 2.65 bits per heavy atom. The lowest BCUT2D eigenvalue weighted by atomic mass is 10.1. The molecule has 20 heavy (non-hydrogen) atoms. The summed E-state index contributed by atoms with van der Waals surface area (Å²) < 4.78 is 19.5. The Bertz CT molecular complexity index is 658. The summed E-state index contributed by atoms with van der Waals surface area (Å²) in [6, 6.07) is 9.67. The molecular weight excluding hydrogens is 325 g/mol. The summed E-state index contributed by atoms with van der Waals surface area (Å²) in [6.07, 6.45) is 0. The van der Waals surface area contributed by atoms with Gasteiger partial charge in [-0.25, -0.2) is 4.39 Å². The number of ether oxygens (including phenoxy) is 1. The molecule has 0 unspecified atom stereocenters. The second-order valence-corrected chi connectivity index (χ2v) is 5.14. The second kappa shape index (κ2) is 6.05. The number of nitrogens with one attached hydrogen (secondary N) is 1. The predicted octanol–water partition coefficient (Wildman–Crippen LogP) is 4.16. The van der Waals surface area contributed by atoms with Crippen molar-refractivity contribution in [3.8, 4) is 5.75 Å². The van der Waals surface area contributed by atoms with Crippen LogP contribution in [-0.2, 0) is 0 Å². The average Bonchev–Trinajstić information content (AvgIpc) is 2.42. The van der Waals surface area contributed by atoms with Crippen molar-refractivity contribution in [2.24, 2.45) is 0 Å². The van der Waals surface area contributed by atoms with E-state index >= 15 is 0 Å². The molecular formula is C15H13BrFNO2. The van der Waals surface area contributed by atoms with Crippen LogP contribution < -0.4 is 10.1 Å². The largest absolute Gasteiger partial charge is 0.497 e. The summed E-state index contributed by atoms with van der Waals surface area (Å²) in [4.78, 5) is 12.1. The van der Waals surface area contributed by atoms with Crippen LogP contribution in [0.4, 0.5) is 10.1 Å². The van der Waals surface area contributed by atoms with Crippen LogP contribution >= 0.6 is 15.9 Å². The van der Waals surface area contributed by atoms with Crippen LogP contribution in [0.25, 0.3) is 0 Å². The Kier molecular flexibility index (Phi) is 4.39. The molecule has 0 spiro atoms. The monoisotopic (exact) mass is 337 g/mol. The molecule has 0 aliphatic heterocycles. The fourth-order valence-electron chi connectivity index (χ4n) is 1.73. The van der Waals surface area contributed by atoms with E-state index in [9.17, 15) is 9.18 Å².